The number of rotatable bonds is 5. The van der Waals surface area contributed by atoms with E-state index in [1.54, 1.807) is 19.1 Å². The van der Waals surface area contributed by atoms with Gasteiger partial charge in [0.15, 0.2) is 0 Å². The molecule has 25 heavy (non-hydrogen) atoms. The second-order valence-corrected chi connectivity index (χ2v) is 10.3. The molecule has 1 spiro atoms. The van der Waals surface area contributed by atoms with Crippen molar-refractivity contribution >= 4 is 9.84 Å². The summed E-state index contributed by atoms with van der Waals surface area (Å²) in [6.07, 6.45) is 2.50. The summed E-state index contributed by atoms with van der Waals surface area (Å²) in [5.74, 6) is 0. The molecule has 3 rings (SSSR count). The Labute approximate surface area is 152 Å². The van der Waals surface area contributed by atoms with E-state index in [4.69, 9.17) is 0 Å². The number of benzene rings is 1. The first-order chi connectivity index (χ1) is 11.7. The number of sulfone groups is 1. The van der Waals surface area contributed by atoms with Crippen LogP contribution in [0, 0.1) is 5.41 Å². The van der Waals surface area contributed by atoms with E-state index in [9.17, 15) is 8.42 Å². The number of nitrogens with zero attached hydrogens (tertiary/aromatic N) is 2. The lowest BCUT2D eigenvalue weighted by atomic mass is 9.71. The lowest BCUT2D eigenvalue weighted by Crippen LogP contribution is -2.61. The Balaban J connectivity index is 1.59. The Bertz CT molecular complexity index is 739. The van der Waals surface area contributed by atoms with E-state index in [-0.39, 0.29) is 4.91 Å². The molecule has 0 aliphatic carbocycles. The zero-order valence-corrected chi connectivity index (χ0v) is 16.5. The second kappa shape index (κ2) is 6.86. The minimum Gasteiger partial charge on any atom is -0.300 e. The van der Waals surface area contributed by atoms with Crippen molar-refractivity contribution in [3.05, 3.63) is 41.3 Å². The molecular formula is C20H30N2O2S. The molecule has 0 amide bonds. The lowest BCUT2D eigenvalue weighted by Gasteiger charge is -2.55. The Morgan fingerprint density at radius 3 is 2.44 bits per heavy atom. The Morgan fingerprint density at radius 1 is 1.24 bits per heavy atom. The van der Waals surface area contributed by atoms with Crippen molar-refractivity contribution in [2.45, 2.75) is 51.1 Å². The van der Waals surface area contributed by atoms with Crippen LogP contribution < -0.4 is 0 Å². The molecule has 2 heterocycles. The molecule has 138 valence electrons. The van der Waals surface area contributed by atoms with Gasteiger partial charge in [-0.25, -0.2) is 8.42 Å². The van der Waals surface area contributed by atoms with Gasteiger partial charge in [-0.15, -0.1) is 0 Å². The third kappa shape index (κ3) is 3.83. The molecule has 0 saturated carbocycles. The van der Waals surface area contributed by atoms with Crippen LogP contribution in [-0.2, 0) is 16.4 Å². The molecule has 0 atom stereocenters. The number of piperidine rings is 1. The predicted octanol–water partition coefficient (Wildman–Crippen LogP) is 3.30. The van der Waals surface area contributed by atoms with Crippen LogP contribution >= 0.6 is 0 Å². The molecule has 1 aromatic carbocycles. The molecule has 5 heteroatoms. The third-order valence-corrected chi connectivity index (χ3v) is 7.59. The number of allylic oxidation sites excluding steroid dienone is 1. The van der Waals surface area contributed by atoms with E-state index < -0.39 is 9.84 Å². The Kier molecular flexibility index (Phi) is 5.11. The molecule has 0 N–H and O–H groups in total. The van der Waals surface area contributed by atoms with Crippen LogP contribution in [0.15, 0.2) is 40.6 Å². The summed E-state index contributed by atoms with van der Waals surface area (Å²) in [4.78, 5) is 5.57. The van der Waals surface area contributed by atoms with Crippen LogP contribution in [0.3, 0.4) is 0 Å². The smallest absolute Gasteiger partial charge is 0.201 e. The summed E-state index contributed by atoms with van der Waals surface area (Å²) in [5, 5.41) is 0. The second-order valence-electron chi connectivity index (χ2n) is 8.13. The van der Waals surface area contributed by atoms with Crippen molar-refractivity contribution in [1.29, 1.82) is 0 Å². The topological polar surface area (TPSA) is 40.6 Å². The molecule has 0 aromatic heterocycles. The molecular weight excluding hydrogens is 332 g/mol. The molecule has 2 fully saturated rings. The normalized spacial score (nSPS) is 21.4. The van der Waals surface area contributed by atoms with Crippen LogP contribution in [0.5, 0.6) is 0 Å². The molecule has 4 nitrogen and oxygen atoms in total. The first kappa shape index (κ1) is 18.6. The molecule has 0 unspecified atom stereocenters. The average molecular weight is 363 g/mol. The number of hydrogen-bond donors (Lipinski definition) is 0. The van der Waals surface area contributed by atoms with E-state index >= 15 is 0 Å². The summed E-state index contributed by atoms with van der Waals surface area (Å²) in [6.45, 7) is 15.2. The van der Waals surface area contributed by atoms with Gasteiger partial charge in [-0.2, -0.15) is 0 Å². The van der Waals surface area contributed by atoms with Crippen LogP contribution in [0.4, 0.5) is 0 Å². The highest BCUT2D eigenvalue weighted by molar-refractivity contribution is 7.95. The first-order valence-corrected chi connectivity index (χ1v) is 10.7. The van der Waals surface area contributed by atoms with Gasteiger partial charge in [-0.05, 0) is 69.8 Å². The largest absolute Gasteiger partial charge is 0.300 e. The van der Waals surface area contributed by atoms with Crippen LogP contribution in [0.1, 0.15) is 39.2 Å². The van der Waals surface area contributed by atoms with Gasteiger partial charge in [0.25, 0.3) is 0 Å². The van der Waals surface area contributed by atoms with E-state index in [1.165, 1.54) is 25.9 Å². The molecule has 0 radical (unpaired) electrons. The first-order valence-electron chi connectivity index (χ1n) is 9.18. The third-order valence-electron chi connectivity index (χ3n) is 5.80. The van der Waals surface area contributed by atoms with Gasteiger partial charge in [0.2, 0.25) is 9.84 Å². The van der Waals surface area contributed by atoms with Gasteiger partial charge in [-0.3, -0.25) is 9.80 Å². The van der Waals surface area contributed by atoms with E-state index in [0.29, 0.717) is 16.4 Å². The van der Waals surface area contributed by atoms with Crippen molar-refractivity contribution < 1.29 is 8.42 Å². The van der Waals surface area contributed by atoms with Gasteiger partial charge in [0.05, 0.1) is 4.90 Å². The summed E-state index contributed by atoms with van der Waals surface area (Å²) < 4.78 is 24.6. The quantitative estimate of drug-likeness (QED) is 0.806. The van der Waals surface area contributed by atoms with E-state index in [2.05, 4.69) is 30.2 Å². The van der Waals surface area contributed by atoms with Crippen molar-refractivity contribution in [2.75, 3.05) is 26.2 Å². The Hall–Kier alpha value is -1.17. The zero-order valence-electron chi connectivity index (χ0n) is 15.7. The molecule has 1 aromatic rings. The van der Waals surface area contributed by atoms with Gasteiger partial charge in [0.1, 0.15) is 0 Å². The van der Waals surface area contributed by atoms with Gasteiger partial charge < -0.3 is 0 Å². The van der Waals surface area contributed by atoms with Crippen molar-refractivity contribution in [1.82, 2.24) is 9.80 Å². The molecule has 2 aliphatic heterocycles. The maximum Gasteiger partial charge on any atom is 0.201 e. The minimum atomic E-state index is -3.39. The van der Waals surface area contributed by atoms with E-state index in [0.717, 1.165) is 25.2 Å². The van der Waals surface area contributed by atoms with Crippen molar-refractivity contribution in [2.24, 2.45) is 5.41 Å². The van der Waals surface area contributed by atoms with Crippen molar-refractivity contribution in [3.63, 3.8) is 0 Å². The molecule has 0 bridgehead atoms. The van der Waals surface area contributed by atoms with Crippen LogP contribution in [-0.4, -0.2) is 50.4 Å². The molecule has 2 aliphatic rings. The maximum absolute atomic E-state index is 12.3. The number of likely N-dealkylation sites (tertiary alicyclic amines) is 2. The van der Waals surface area contributed by atoms with Crippen LogP contribution in [0.25, 0.3) is 0 Å². The fraction of sp³-hybridized carbons (Fsp3) is 0.600. The van der Waals surface area contributed by atoms with Gasteiger partial charge >= 0.3 is 0 Å². The maximum atomic E-state index is 12.3. The fourth-order valence-corrected chi connectivity index (χ4v) is 4.92. The number of hydrogen-bond acceptors (Lipinski definition) is 4. The average Bonchev–Trinajstić information content (AvgIpc) is 2.53. The highest BCUT2D eigenvalue weighted by Gasteiger charge is 2.45. The summed E-state index contributed by atoms with van der Waals surface area (Å²) in [6, 6.07) is 7.97. The van der Waals surface area contributed by atoms with Crippen LogP contribution in [0.2, 0.25) is 0 Å². The van der Waals surface area contributed by atoms with Crippen molar-refractivity contribution in [3.8, 4) is 0 Å². The highest BCUT2D eigenvalue weighted by atomic mass is 32.2. The van der Waals surface area contributed by atoms with Gasteiger partial charge in [-0.1, -0.05) is 18.7 Å². The summed E-state index contributed by atoms with van der Waals surface area (Å²) in [7, 11) is -3.39. The minimum absolute atomic E-state index is 0.198. The van der Waals surface area contributed by atoms with Gasteiger partial charge in [0, 0.05) is 30.6 Å². The van der Waals surface area contributed by atoms with E-state index in [1.807, 2.05) is 12.1 Å². The monoisotopic (exact) mass is 362 g/mol. The standard InChI is InChI=1S/C20H30N2O2S/c1-16(2)22-14-20(15-22)8-10-21(11-9-20)13-18-6-5-7-19(12-18)25(23,24)17(3)4/h5-7,12,16H,3,8-11,13-15H2,1-2,4H3. The highest BCUT2D eigenvalue weighted by Crippen LogP contribution is 2.41. The SMILES string of the molecule is C=C(C)S(=O)(=O)c1cccc(CN2CCC3(CC2)CN(C(C)C)C3)c1. The molecule has 2 saturated heterocycles. The lowest BCUT2D eigenvalue weighted by molar-refractivity contribution is -0.0633. The Morgan fingerprint density at radius 2 is 1.88 bits per heavy atom. The predicted molar refractivity (Wildman–Crippen MR) is 102 cm³/mol. The zero-order chi connectivity index (χ0) is 18.2. The summed E-state index contributed by atoms with van der Waals surface area (Å²) >= 11 is 0. The summed E-state index contributed by atoms with van der Waals surface area (Å²) in [5.41, 5.74) is 1.60. The fourth-order valence-electron chi connectivity index (χ4n) is 3.95.